The number of benzene rings is 1. The molecular formula is C16H25N3O2. The van der Waals surface area contributed by atoms with Crippen molar-refractivity contribution in [2.75, 3.05) is 5.32 Å². The van der Waals surface area contributed by atoms with Crippen LogP contribution in [-0.2, 0) is 0 Å². The van der Waals surface area contributed by atoms with E-state index in [0.29, 0.717) is 17.8 Å². The maximum atomic E-state index is 12.1. The van der Waals surface area contributed by atoms with E-state index in [4.69, 9.17) is 0 Å². The Hall–Kier alpha value is -1.59. The highest BCUT2D eigenvalue weighted by atomic mass is 16.3. The molecule has 21 heavy (non-hydrogen) atoms. The molecule has 5 heteroatoms. The van der Waals surface area contributed by atoms with Crippen molar-refractivity contribution in [1.29, 1.82) is 0 Å². The molecule has 0 aromatic heterocycles. The molecule has 0 saturated carbocycles. The van der Waals surface area contributed by atoms with Crippen molar-refractivity contribution >= 4 is 11.7 Å². The number of urea groups is 1. The van der Waals surface area contributed by atoms with E-state index < -0.39 is 6.10 Å². The third-order valence-electron chi connectivity index (χ3n) is 4.05. The van der Waals surface area contributed by atoms with Crippen molar-refractivity contribution in [2.45, 2.75) is 58.2 Å². The molecule has 2 rings (SSSR count). The summed E-state index contributed by atoms with van der Waals surface area (Å²) in [5, 5.41) is 14.4. The quantitative estimate of drug-likeness (QED) is 0.802. The van der Waals surface area contributed by atoms with Crippen LogP contribution in [0.2, 0.25) is 0 Å². The van der Waals surface area contributed by atoms with Gasteiger partial charge in [0.25, 0.3) is 0 Å². The fourth-order valence-electron chi connectivity index (χ4n) is 2.79. The summed E-state index contributed by atoms with van der Waals surface area (Å²) in [6, 6.07) is 7.72. The van der Waals surface area contributed by atoms with E-state index >= 15 is 0 Å². The number of nitrogens with one attached hydrogen (secondary N) is 2. The zero-order chi connectivity index (χ0) is 15.4. The number of hydrogen-bond acceptors (Lipinski definition) is 3. The summed E-state index contributed by atoms with van der Waals surface area (Å²) in [7, 11) is 0. The first-order valence-electron chi connectivity index (χ1n) is 7.61. The molecule has 0 aliphatic carbocycles. The number of hydrazine groups is 1. The van der Waals surface area contributed by atoms with Gasteiger partial charge in [-0.3, -0.25) is 5.43 Å². The molecule has 1 aromatic rings. The Bertz CT molecular complexity index is 480. The summed E-state index contributed by atoms with van der Waals surface area (Å²) < 4.78 is 0. The van der Waals surface area contributed by atoms with Crippen LogP contribution in [0.3, 0.4) is 0 Å². The van der Waals surface area contributed by atoms with Crippen LogP contribution in [0.1, 0.15) is 51.7 Å². The minimum absolute atomic E-state index is 0.238. The molecule has 0 spiro atoms. The lowest BCUT2D eigenvalue weighted by atomic mass is 10.00. The van der Waals surface area contributed by atoms with Gasteiger partial charge in [0.2, 0.25) is 0 Å². The minimum atomic E-state index is -0.544. The number of piperidine rings is 1. The number of rotatable bonds is 3. The summed E-state index contributed by atoms with van der Waals surface area (Å²) in [6.45, 7) is 5.96. The van der Waals surface area contributed by atoms with Crippen molar-refractivity contribution in [3.8, 4) is 0 Å². The number of anilines is 1. The Kier molecular flexibility index (Phi) is 5.20. The largest absolute Gasteiger partial charge is 0.389 e. The number of carbonyl (C=O) groups excluding carboxylic acids is 1. The highest BCUT2D eigenvalue weighted by Gasteiger charge is 2.26. The van der Waals surface area contributed by atoms with Gasteiger partial charge in [-0.1, -0.05) is 18.6 Å². The maximum Gasteiger partial charge on any atom is 0.333 e. The Balaban J connectivity index is 1.96. The highest BCUT2D eigenvalue weighted by Crippen LogP contribution is 2.21. The lowest BCUT2D eigenvalue weighted by molar-refractivity contribution is 0.0625. The van der Waals surface area contributed by atoms with E-state index in [1.165, 1.54) is 6.42 Å². The van der Waals surface area contributed by atoms with Gasteiger partial charge >= 0.3 is 6.03 Å². The van der Waals surface area contributed by atoms with Crippen molar-refractivity contribution in [3.63, 3.8) is 0 Å². The van der Waals surface area contributed by atoms with E-state index in [1.54, 1.807) is 13.0 Å². The number of carbonyl (C=O) groups is 1. The molecule has 5 nitrogen and oxygen atoms in total. The van der Waals surface area contributed by atoms with E-state index in [9.17, 15) is 9.90 Å². The standard InChI is InChI=1S/C16H25N3O2/c1-11-6-4-7-12(2)19(11)18-16(21)17-15-9-5-8-14(10-15)13(3)20/h5,8-13,20H,4,6-7H2,1-3H3,(H2,17,18,21). The van der Waals surface area contributed by atoms with Gasteiger partial charge in [0.1, 0.15) is 0 Å². The number of hydrogen-bond donors (Lipinski definition) is 3. The summed E-state index contributed by atoms with van der Waals surface area (Å²) in [6.07, 6.45) is 2.86. The maximum absolute atomic E-state index is 12.1. The predicted molar refractivity (Wildman–Crippen MR) is 83.8 cm³/mol. The van der Waals surface area contributed by atoms with Gasteiger partial charge in [-0.25, -0.2) is 9.80 Å². The monoisotopic (exact) mass is 291 g/mol. The first-order chi connectivity index (χ1) is 9.97. The predicted octanol–water partition coefficient (Wildman–Crippen LogP) is 3.04. The molecule has 1 saturated heterocycles. The van der Waals surface area contributed by atoms with Gasteiger partial charge in [0.05, 0.1) is 6.10 Å². The van der Waals surface area contributed by atoms with Crippen LogP contribution >= 0.6 is 0 Å². The van der Waals surface area contributed by atoms with Crippen molar-refractivity contribution in [2.24, 2.45) is 0 Å². The molecule has 1 heterocycles. The molecule has 3 unspecified atom stereocenters. The molecule has 1 aliphatic rings. The topological polar surface area (TPSA) is 64.6 Å². The number of aliphatic hydroxyl groups is 1. The van der Waals surface area contributed by atoms with Crippen LogP contribution in [0.4, 0.5) is 10.5 Å². The molecule has 3 N–H and O–H groups in total. The highest BCUT2D eigenvalue weighted by molar-refractivity contribution is 5.89. The molecule has 0 radical (unpaired) electrons. The summed E-state index contributed by atoms with van der Waals surface area (Å²) in [5.74, 6) is 0. The van der Waals surface area contributed by atoms with E-state index in [2.05, 4.69) is 24.6 Å². The van der Waals surface area contributed by atoms with Gasteiger partial charge in [0, 0.05) is 17.8 Å². The Morgan fingerprint density at radius 2 is 2.00 bits per heavy atom. The SMILES string of the molecule is CC(O)c1cccc(NC(=O)NN2C(C)CCCC2C)c1. The molecule has 116 valence electrons. The van der Waals surface area contributed by atoms with E-state index in [1.807, 2.05) is 23.2 Å². The fourth-order valence-corrected chi connectivity index (χ4v) is 2.79. The first-order valence-corrected chi connectivity index (χ1v) is 7.61. The van der Waals surface area contributed by atoms with Gasteiger partial charge in [0.15, 0.2) is 0 Å². The fraction of sp³-hybridized carbons (Fsp3) is 0.562. The van der Waals surface area contributed by atoms with Crippen molar-refractivity contribution < 1.29 is 9.90 Å². The van der Waals surface area contributed by atoms with Gasteiger partial charge in [-0.2, -0.15) is 0 Å². The minimum Gasteiger partial charge on any atom is -0.389 e. The average molecular weight is 291 g/mol. The summed E-state index contributed by atoms with van der Waals surface area (Å²) >= 11 is 0. The van der Waals surface area contributed by atoms with Gasteiger partial charge < -0.3 is 10.4 Å². The van der Waals surface area contributed by atoms with Crippen LogP contribution < -0.4 is 10.7 Å². The second-order valence-electron chi connectivity index (χ2n) is 5.90. The molecule has 1 aromatic carbocycles. The lowest BCUT2D eigenvalue weighted by Gasteiger charge is -2.38. The van der Waals surface area contributed by atoms with Crippen LogP contribution in [0.5, 0.6) is 0 Å². The Morgan fingerprint density at radius 3 is 2.62 bits per heavy atom. The zero-order valence-electron chi connectivity index (χ0n) is 13.0. The molecule has 3 atom stereocenters. The van der Waals surface area contributed by atoms with Gasteiger partial charge in [-0.05, 0) is 51.3 Å². The van der Waals surface area contributed by atoms with Crippen molar-refractivity contribution in [1.82, 2.24) is 10.4 Å². The Morgan fingerprint density at radius 1 is 1.33 bits per heavy atom. The lowest BCUT2D eigenvalue weighted by Crippen LogP contribution is -2.55. The zero-order valence-corrected chi connectivity index (χ0v) is 13.0. The Labute approximate surface area is 126 Å². The number of amides is 2. The van der Waals surface area contributed by atoms with Crippen LogP contribution in [0, 0.1) is 0 Å². The third kappa shape index (κ3) is 4.19. The summed E-state index contributed by atoms with van der Waals surface area (Å²) in [5.41, 5.74) is 4.40. The van der Waals surface area contributed by atoms with Crippen LogP contribution in [0.15, 0.2) is 24.3 Å². The van der Waals surface area contributed by atoms with Crippen LogP contribution in [0.25, 0.3) is 0 Å². The first kappa shape index (κ1) is 15.8. The second kappa shape index (κ2) is 6.91. The molecule has 0 bridgehead atoms. The third-order valence-corrected chi connectivity index (χ3v) is 4.05. The van der Waals surface area contributed by atoms with Gasteiger partial charge in [-0.15, -0.1) is 0 Å². The number of nitrogens with zero attached hydrogens (tertiary/aromatic N) is 1. The summed E-state index contributed by atoms with van der Waals surface area (Å²) in [4.78, 5) is 12.1. The van der Waals surface area contributed by atoms with Crippen molar-refractivity contribution in [3.05, 3.63) is 29.8 Å². The molecular weight excluding hydrogens is 266 g/mol. The molecule has 1 aliphatic heterocycles. The molecule has 2 amide bonds. The smallest absolute Gasteiger partial charge is 0.333 e. The second-order valence-corrected chi connectivity index (χ2v) is 5.90. The number of aliphatic hydroxyl groups excluding tert-OH is 1. The average Bonchev–Trinajstić information content (AvgIpc) is 2.43. The van der Waals surface area contributed by atoms with E-state index in [-0.39, 0.29) is 6.03 Å². The van der Waals surface area contributed by atoms with E-state index in [0.717, 1.165) is 18.4 Å². The molecule has 1 fully saturated rings. The van der Waals surface area contributed by atoms with Crippen LogP contribution in [-0.4, -0.2) is 28.2 Å². The normalized spacial score (nSPS) is 24.4.